The lowest BCUT2D eigenvalue weighted by atomic mass is 9.98. The van der Waals surface area contributed by atoms with Crippen molar-refractivity contribution in [1.29, 1.82) is 0 Å². The minimum Gasteiger partial charge on any atom is -0.490 e. The normalized spacial score (nSPS) is 16.4. The predicted molar refractivity (Wildman–Crippen MR) is 133 cm³/mol. The first kappa shape index (κ1) is 27.5. The average molecular weight is 477 g/mol. The first-order valence-corrected chi connectivity index (χ1v) is 12.1. The molecule has 1 aromatic carbocycles. The van der Waals surface area contributed by atoms with Crippen LogP contribution in [0.15, 0.2) is 18.2 Å². The van der Waals surface area contributed by atoms with Crippen LogP contribution in [-0.4, -0.2) is 78.5 Å². The maximum Gasteiger partial charge on any atom is 0.407 e. The smallest absolute Gasteiger partial charge is 0.407 e. The minimum atomic E-state index is -0.947. The number of benzene rings is 1. The van der Waals surface area contributed by atoms with E-state index in [-0.39, 0.29) is 24.1 Å². The second-order valence-electron chi connectivity index (χ2n) is 9.08. The van der Waals surface area contributed by atoms with Crippen LogP contribution >= 0.6 is 0 Å². The molecule has 190 valence electrons. The van der Waals surface area contributed by atoms with E-state index in [1.165, 1.54) is 4.90 Å². The number of ether oxygens (including phenoxy) is 3. The summed E-state index contributed by atoms with van der Waals surface area (Å²) < 4.78 is 17.1. The van der Waals surface area contributed by atoms with Gasteiger partial charge in [-0.3, -0.25) is 4.79 Å². The molecule has 34 heavy (non-hydrogen) atoms. The standard InChI is InChI=1S/C26H40N2O6/c1-7-10-20-15-24(34-19(4)5)23(33-14-9-13-32-6)16-22(20)25(29)28(18(2)3)21-11-8-12-27(17-21)26(30)31/h7,10,15-16,18-19,21H,8-9,11-14,17H2,1-6H3,(H,30,31)/b10-7+/t21-/m1/s1. The number of carbonyl (C=O) groups is 2. The number of amides is 2. The molecule has 1 saturated heterocycles. The molecule has 1 fully saturated rings. The van der Waals surface area contributed by atoms with E-state index in [0.717, 1.165) is 18.4 Å². The number of carbonyl (C=O) groups excluding carboxylic acids is 1. The number of rotatable bonds is 11. The molecule has 0 bridgehead atoms. The molecule has 2 rings (SSSR count). The molecule has 1 N–H and O–H groups in total. The molecule has 0 aliphatic carbocycles. The lowest BCUT2D eigenvalue weighted by Crippen LogP contribution is -2.53. The maximum atomic E-state index is 13.9. The fraction of sp³-hybridized carbons (Fsp3) is 0.615. The maximum absolute atomic E-state index is 13.9. The van der Waals surface area contributed by atoms with Gasteiger partial charge in [0, 0.05) is 39.3 Å². The Bertz CT molecular complexity index is 852. The van der Waals surface area contributed by atoms with Gasteiger partial charge in [0.2, 0.25) is 0 Å². The first-order chi connectivity index (χ1) is 16.2. The number of nitrogens with zero attached hydrogens (tertiary/aromatic N) is 2. The van der Waals surface area contributed by atoms with Gasteiger partial charge in [0.05, 0.1) is 24.3 Å². The molecule has 8 heteroatoms. The van der Waals surface area contributed by atoms with Crippen LogP contribution in [0.5, 0.6) is 11.5 Å². The molecular weight excluding hydrogens is 436 g/mol. The molecule has 0 unspecified atom stereocenters. The highest BCUT2D eigenvalue weighted by atomic mass is 16.5. The van der Waals surface area contributed by atoms with Gasteiger partial charge in [0.25, 0.3) is 5.91 Å². The summed E-state index contributed by atoms with van der Waals surface area (Å²) in [6, 6.07) is 3.33. The zero-order valence-corrected chi connectivity index (χ0v) is 21.4. The second kappa shape index (κ2) is 13.2. The number of carboxylic acid groups (broad SMARTS) is 1. The largest absolute Gasteiger partial charge is 0.490 e. The summed E-state index contributed by atoms with van der Waals surface area (Å²) in [4.78, 5) is 28.7. The van der Waals surface area contributed by atoms with Crippen molar-refractivity contribution in [3.8, 4) is 11.5 Å². The summed E-state index contributed by atoms with van der Waals surface area (Å²) in [5.74, 6) is 0.960. The summed E-state index contributed by atoms with van der Waals surface area (Å²) in [6.07, 6.45) is 4.97. The third-order valence-corrected chi connectivity index (χ3v) is 5.66. The Morgan fingerprint density at radius 1 is 1.21 bits per heavy atom. The molecule has 1 aliphatic rings. The lowest BCUT2D eigenvalue weighted by Gasteiger charge is -2.40. The number of likely N-dealkylation sites (tertiary alicyclic amines) is 1. The fourth-order valence-electron chi connectivity index (χ4n) is 4.24. The molecule has 1 heterocycles. The van der Waals surface area contributed by atoms with Crippen molar-refractivity contribution in [2.75, 3.05) is 33.4 Å². The van der Waals surface area contributed by atoms with E-state index < -0.39 is 6.09 Å². The van der Waals surface area contributed by atoms with Gasteiger partial charge in [0.15, 0.2) is 11.5 Å². The van der Waals surface area contributed by atoms with Crippen LogP contribution in [0.2, 0.25) is 0 Å². The summed E-state index contributed by atoms with van der Waals surface area (Å²) in [5.41, 5.74) is 1.25. The van der Waals surface area contributed by atoms with E-state index in [9.17, 15) is 14.7 Å². The van der Waals surface area contributed by atoms with Crippen molar-refractivity contribution < 1.29 is 28.9 Å². The van der Waals surface area contributed by atoms with Crippen molar-refractivity contribution in [2.24, 2.45) is 0 Å². The van der Waals surface area contributed by atoms with Gasteiger partial charge in [-0.15, -0.1) is 0 Å². The van der Waals surface area contributed by atoms with Gasteiger partial charge in [-0.1, -0.05) is 12.2 Å². The topological polar surface area (TPSA) is 88.5 Å². The molecule has 0 spiro atoms. The minimum absolute atomic E-state index is 0.0577. The highest BCUT2D eigenvalue weighted by Gasteiger charge is 2.33. The second-order valence-corrected chi connectivity index (χ2v) is 9.08. The van der Waals surface area contributed by atoms with Gasteiger partial charge in [-0.25, -0.2) is 4.79 Å². The van der Waals surface area contributed by atoms with E-state index in [1.54, 1.807) is 13.2 Å². The SMILES string of the molecule is C/C=C/c1cc(OC(C)C)c(OCCCOC)cc1C(=O)N(C(C)C)[C@@H]1CCCN(C(=O)O)C1. The first-order valence-electron chi connectivity index (χ1n) is 12.1. The predicted octanol–water partition coefficient (Wildman–Crippen LogP) is 4.92. The molecule has 2 amide bonds. The molecular formula is C26H40N2O6. The van der Waals surface area contributed by atoms with Crippen LogP contribution in [0, 0.1) is 0 Å². The zero-order chi connectivity index (χ0) is 25.3. The van der Waals surface area contributed by atoms with Gasteiger partial charge in [-0.05, 0) is 65.2 Å². The van der Waals surface area contributed by atoms with E-state index in [2.05, 4.69) is 0 Å². The molecule has 0 aromatic heterocycles. The highest BCUT2D eigenvalue weighted by molar-refractivity contribution is 5.99. The number of hydrogen-bond acceptors (Lipinski definition) is 5. The average Bonchev–Trinajstić information content (AvgIpc) is 2.77. The third-order valence-electron chi connectivity index (χ3n) is 5.66. The van der Waals surface area contributed by atoms with Crippen LogP contribution < -0.4 is 9.47 Å². The molecule has 1 aliphatic heterocycles. The number of methoxy groups -OCH3 is 1. The molecule has 1 atom stereocenters. The Kier molecular flexibility index (Phi) is 10.7. The third kappa shape index (κ3) is 7.38. The van der Waals surface area contributed by atoms with Crippen LogP contribution in [0.4, 0.5) is 4.79 Å². The Morgan fingerprint density at radius 2 is 1.94 bits per heavy atom. The quantitative estimate of drug-likeness (QED) is 0.456. The van der Waals surface area contributed by atoms with E-state index >= 15 is 0 Å². The number of piperidine rings is 1. The number of allylic oxidation sites excluding steroid dienone is 1. The summed E-state index contributed by atoms with van der Waals surface area (Å²) in [7, 11) is 1.65. The van der Waals surface area contributed by atoms with E-state index in [1.807, 2.05) is 57.7 Å². The van der Waals surface area contributed by atoms with Crippen LogP contribution in [0.25, 0.3) is 6.08 Å². The van der Waals surface area contributed by atoms with Gasteiger partial charge >= 0.3 is 6.09 Å². The molecule has 0 radical (unpaired) electrons. The monoisotopic (exact) mass is 476 g/mol. The van der Waals surface area contributed by atoms with Crippen molar-refractivity contribution >= 4 is 18.1 Å². The highest BCUT2D eigenvalue weighted by Crippen LogP contribution is 2.34. The van der Waals surface area contributed by atoms with Gasteiger partial charge in [-0.2, -0.15) is 0 Å². The Balaban J connectivity index is 2.47. The molecule has 1 aromatic rings. The van der Waals surface area contributed by atoms with E-state index in [0.29, 0.717) is 49.8 Å². The van der Waals surface area contributed by atoms with Crippen LogP contribution in [-0.2, 0) is 4.74 Å². The fourth-order valence-corrected chi connectivity index (χ4v) is 4.24. The summed E-state index contributed by atoms with van der Waals surface area (Å²) >= 11 is 0. The molecule has 0 saturated carbocycles. The van der Waals surface area contributed by atoms with E-state index in [4.69, 9.17) is 14.2 Å². The van der Waals surface area contributed by atoms with Crippen molar-refractivity contribution in [1.82, 2.24) is 9.80 Å². The summed E-state index contributed by atoms with van der Waals surface area (Å²) in [5, 5.41) is 9.48. The molecule has 8 nitrogen and oxygen atoms in total. The van der Waals surface area contributed by atoms with Crippen molar-refractivity contribution in [3.63, 3.8) is 0 Å². The lowest BCUT2D eigenvalue weighted by molar-refractivity contribution is 0.0449. The van der Waals surface area contributed by atoms with Crippen molar-refractivity contribution in [2.45, 2.75) is 72.1 Å². The Hall–Kier alpha value is -2.74. The van der Waals surface area contributed by atoms with Crippen molar-refractivity contribution in [3.05, 3.63) is 29.3 Å². The Morgan fingerprint density at radius 3 is 2.53 bits per heavy atom. The summed E-state index contributed by atoms with van der Waals surface area (Å²) in [6.45, 7) is 11.5. The number of hydrogen-bond donors (Lipinski definition) is 1. The van der Waals surface area contributed by atoms with Crippen LogP contribution in [0.3, 0.4) is 0 Å². The zero-order valence-electron chi connectivity index (χ0n) is 21.4. The van der Waals surface area contributed by atoms with Gasteiger partial charge < -0.3 is 29.1 Å². The van der Waals surface area contributed by atoms with Crippen LogP contribution in [0.1, 0.15) is 69.8 Å². The van der Waals surface area contributed by atoms with Gasteiger partial charge in [0.1, 0.15) is 0 Å². The Labute approximate surface area is 203 Å².